The molecule has 1 aromatic heterocycles. The van der Waals surface area contributed by atoms with Gasteiger partial charge in [0.15, 0.2) is 5.82 Å². The molecule has 5 rings (SSSR count). The van der Waals surface area contributed by atoms with Crippen molar-refractivity contribution in [3.8, 4) is 17.0 Å². The molecular weight excluding hydrogens is 434 g/mol. The maximum absolute atomic E-state index is 12.9. The Kier molecular flexibility index (Phi) is 6.42. The Balaban J connectivity index is 1.47. The van der Waals surface area contributed by atoms with Crippen LogP contribution in [0.5, 0.6) is 5.75 Å². The van der Waals surface area contributed by atoms with Gasteiger partial charge in [-0.25, -0.2) is 9.97 Å². The first-order valence-corrected chi connectivity index (χ1v) is 12.6. The van der Waals surface area contributed by atoms with Crippen molar-refractivity contribution in [1.82, 2.24) is 9.97 Å². The molecule has 0 aliphatic heterocycles. The van der Waals surface area contributed by atoms with Crippen molar-refractivity contribution in [3.63, 3.8) is 0 Å². The van der Waals surface area contributed by atoms with Gasteiger partial charge < -0.3 is 10.4 Å². The van der Waals surface area contributed by atoms with Gasteiger partial charge in [-0.1, -0.05) is 55.8 Å². The van der Waals surface area contributed by atoms with Crippen molar-refractivity contribution < 1.29 is 9.90 Å². The van der Waals surface area contributed by atoms with Gasteiger partial charge in [0.2, 0.25) is 5.91 Å². The molecule has 2 bridgehead atoms. The van der Waals surface area contributed by atoms with Crippen LogP contribution in [0.4, 0.5) is 5.82 Å². The van der Waals surface area contributed by atoms with E-state index < -0.39 is 0 Å². The molecule has 0 saturated heterocycles. The minimum absolute atomic E-state index is 0.0868. The number of amides is 1. The number of phenols is 1. The number of aromatic nitrogens is 2. The first kappa shape index (κ1) is 23.3. The smallest absolute Gasteiger partial charge is 0.229 e. The molecule has 2 aliphatic rings. The van der Waals surface area contributed by atoms with E-state index in [1.54, 1.807) is 23.9 Å². The monoisotopic (exact) mass is 467 g/mol. The van der Waals surface area contributed by atoms with Crippen LogP contribution in [0.25, 0.3) is 11.3 Å². The van der Waals surface area contributed by atoms with Crippen molar-refractivity contribution in [2.75, 3.05) is 5.32 Å². The summed E-state index contributed by atoms with van der Waals surface area (Å²) in [6, 6.07) is 16.8. The molecule has 2 aromatic carbocycles. The quantitative estimate of drug-likeness (QED) is 0.415. The topological polar surface area (TPSA) is 75.1 Å². The second-order valence-corrected chi connectivity index (χ2v) is 10.7. The molecule has 5 heteroatoms. The van der Waals surface area contributed by atoms with Gasteiger partial charge in [0, 0.05) is 5.56 Å². The third-order valence-corrected chi connectivity index (χ3v) is 7.28. The summed E-state index contributed by atoms with van der Waals surface area (Å²) in [6.07, 6.45) is 9.85. The standard InChI is InChI=1S/C30H33N3O2/c1-20-12-23-13-21(2)16-30(15-20,17-23)18-26-29(33-28(35)14-22-6-4-3-5-7-22)31-19-27(32-26)24-8-10-25(34)11-9-24/h3-12,19-21,34H,13-18H2,1-2H3,(H,31,33,35). The van der Waals surface area contributed by atoms with Gasteiger partial charge in [0.05, 0.1) is 24.0 Å². The van der Waals surface area contributed by atoms with Gasteiger partial charge >= 0.3 is 0 Å². The molecule has 3 atom stereocenters. The first-order chi connectivity index (χ1) is 16.9. The van der Waals surface area contributed by atoms with Crippen molar-refractivity contribution in [3.05, 3.63) is 83.7 Å². The zero-order valence-electron chi connectivity index (χ0n) is 20.5. The fourth-order valence-electron chi connectivity index (χ4n) is 6.26. The van der Waals surface area contributed by atoms with Crippen LogP contribution in [0.3, 0.4) is 0 Å². The summed E-state index contributed by atoms with van der Waals surface area (Å²) in [5.74, 6) is 1.89. The Bertz CT molecular complexity index is 1240. The highest BCUT2D eigenvalue weighted by molar-refractivity contribution is 5.92. The molecule has 5 nitrogen and oxygen atoms in total. The Hall–Kier alpha value is -3.47. The number of benzene rings is 2. The van der Waals surface area contributed by atoms with E-state index in [1.807, 2.05) is 42.5 Å². The number of allylic oxidation sites excluding steroid dienone is 2. The largest absolute Gasteiger partial charge is 0.508 e. The zero-order valence-corrected chi connectivity index (χ0v) is 20.5. The summed E-state index contributed by atoms with van der Waals surface area (Å²) in [6.45, 7) is 4.66. The maximum Gasteiger partial charge on any atom is 0.229 e. The number of nitrogens with one attached hydrogen (secondary N) is 1. The zero-order chi connectivity index (χ0) is 24.4. The van der Waals surface area contributed by atoms with Gasteiger partial charge in [-0.15, -0.1) is 0 Å². The summed E-state index contributed by atoms with van der Waals surface area (Å²) in [7, 11) is 0. The van der Waals surface area contributed by atoms with Crippen LogP contribution in [0.1, 0.15) is 50.8 Å². The number of carbonyl (C=O) groups excluding carboxylic acids is 1. The molecule has 3 aromatic rings. The van der Waals surface area contributed by atoms with E-state index in [2.05, 4.69) is 25.2 Å². The summed E-state index contributed by atoms with van der Waals surface area (Å²) in [4.78, 5) is 22.7. The Morgan fingerprint density at radius 1 is 1.09 bits per heavy atom. The molecule has 35 heavy (non-hydrogen) atoms. The highest BCUT2D eigenvalue weighted by atomic mass is 16.3. The van der Waals surface area contributed by atoms with Gasteiger partial charge in [0.25, 0.3) is 0 Å². The third kappa shape index (κ3) is 5.45. The second-order valence-electron chi connectivity index (χ2n) is 10.7. The highest BCUT2D eigenvalue weighted by Gasteiger charge is 2.41. The Morgan fingerprint density at radius 3 is 2.63 bits per heavy atom. The minimum Gasteiger partial charge on any atom is -0.508 e. The molecule has 0 radical (unpaired) electrons. The number of hydrogen-bond acceptors (Lipinski definition) is 4. The predicted molar refractivity (Wildman–Crippen MR) is 139 cm³/mol. The molecule has 1 fully saturated rings. The van der Waals surface area contributed by atoms with Gasteiger partial charge in [0.1, 0.15) is 5.75 Å². The molecule has 3 unspecified atom stereocenters. The molecule has 1 heterocycles. The van der Waals surface area contributed by atoms with E-state index >= 15 is 0 Å². The van der Waals surface area contributed by atoms with E-state index in [9.17, 15) is 9.90 Å². The van der Waals surface area contributed by atoms with E-state index in [4.69, 9.17) is 9.97 Å². The molecule has 180 valence electrons. The summed E-state index contributed by atoms with van der Waals surface area (Å²) in [5, 5.41) is 12.8. The van der Waals surface area contributed by atoms with Gasteiger partial charge in [-0.2, -0.15) is 0 Å². The SMILES string of the molecule is CC1C=C2CC(C)CC(Cc3nc(-c4ccc(O)cc4)cnc3NC(=O)Cc3ccccc3)(C2)C1. The van der Waals surface area contributed by atoms with Crippen molar-refractivity contribution >= 4 is 11.7 Å². The average molecular weight is 468 g/mol. The number of anilines is 1. The number of rotatable bonds is 6. The maximum atomic E-state index is 12.9. The summed E-state index contributed by atoms with van der Waals surface area (Å²) in [5.41, 5.74) is 5.17. The number of nitrogens with zero attached hydrogens (tertiary/aromatic N) is 2. The Labute approximate surface area is 207 Å². The van der Waals surface area contributed by atoms with Gasteiger partial charge in [-0.3, -0.25) is 4.79 Å². The van der Waals surface area contributed by atoms with Crippen LogP contribution >= 0.6 is 0 Å². The highest BCUT2D eigenvalue weighted by Crippen LogP contribution is 2.52. The predicted octanol–water partition coefficient (Wildman–Crippen LogP) is 6.35. The molecule has 0 spiro atoms. The first-order valence-electron chi connectivity index (χ1n) is 12.6. The van der Waals surface area contributed by atoms with E-state index in [1.165, 1.54) is 6.42 Å². The number of aromatic hydroxyl groups is 1. The lowest BCUT2D eigenvalue weighted by molar-refractivity contribution is -0.115. The molecule has 1 saturated carbocycles. The Morgan fingerprint density at radius 2 is 1.86 bits per heavy atom. The van der Waals surface area contributed by atoms with Gasteiger partial charge in [-0.05, 0) is 79.2 Å². The number of phenolic OH excluding ortho intramolecular Hbond substituents is 1. The van der Waals surface area contributed by atoms with Crippen LogP contribution in [0.2, 0.25) is 0 Å². The molecule has 2 aliphatic carbocycles. The summed E-state index contributed by atoms with van der Waals surface area (Å²) >= 11 is 0. The van der Waals surface area contributed by atoms with Crippen molar-refractivity contribution in [2.24, 2.45) is 17.3 Å². The van der Waals surface area contributed by atoms with Crippen LogP contribution < -0.4 is 5.32 Å². The van der Waals surface area contributed by atoms with Crippen LogP contribution in [0.15, 0.2) is 72.4 Å². The van der Waals surface area contributed by atoms with Crippen LogP contribution in [0, 0.1) is 17.3 Å². The van der Waals surface area contributed by atoms with E-state index in [0.717, 1.165) is 48.2 Å². The fourth-order valence-corrected chi connectivity index (χ4v) is 6.26. The molecule has 1 amide bonds. The van der Waals surface area contributed by atoms with Crippen molar-refractivity contribution in [2.45, 2.75) is 52.4 Å². The fraction of sp³-hybridized carbons (Fsp3) is 0.367. The lowest BCUT2D eigenvalue weighted by atomic mass is 9.59. The number of fused-ring (bicyclic) bond motifs is 2. The second kappa shape index (κ2) is 9.65. The van der Waals surface area contributed by atoms with Crippen molar-refractivity contribution in [1.29, 1.82) is 0 Å². The number of hydrogen-bond donors (Lipinski definition) is 2. The molecule has 2 N–H and O–H groups in total. The van der Waals surface area contributed by atoms with Crippen LogP contribution in [-0.2, 0) is 17.6 Å². The van der Waals surface area contributed by atoms with Crippen LogP contribution in [-0.4, -0.2) is 21.0 Å². The lowest BCUT2D eigenvalue weighted by Gasteiger charge is -2.46. The number of carbonyl (C=O) groups is 1. The molecular formula is C30H33N3O2. The summed E-state index contributed by atoms with van der Waals surface area (Å²) < 4.78 is 0. The normalized spacial score (nSPS) is 23.4. The average Bonchev–Trinajstić information content (AvgIpc) is 2.80. The minimum atomic E-state index is -0.0868. The third-order valence-electron chi connectivity index (χ3n) is 7.28. The van der Waals surface area contributed by atoms with E-state index in [-0.39, 0.29) is 17.1 Å². The lowest BCUT2D eigenvalue weighted by Crippen LogP contribution is -2.36. The van der Waals surface area contributed by atoms with E-state index in [0.29, 0.717) is 24.1 Å².